The highest BCUT2D eigenvalue weighted by Gasteiger charge is 2.15. The Hall–Kier alpha value is -2.03. The van der Waals surface area contributed by atoms with Gasteiger partial charge in [0, 0.05) is 5.56 Å². The average molecular weight is 230 g/mol. The predicted molar refractivity (Wildman–Crippen MR) is 64.8 cm³/mol. The first-order valence-corrected chi connectivity index (χ1v) is 5.54. The van der Waals surface area contributed by atoms with Crippen LogP contribution in [0.4, 0.5) is 0 Å². The minimum absolute atomic E-state index is 0.317. The van der Waals surface area contributed by atoms with Gasteiger partial charge in [0.25, 0.3) is 0 Å². The molecule has 3 nitrogen and oxygen atoms in total. The van der Waals surface area contributed by atoms with Crippen molar-refractivity contribution in [3.63, 3.8) is 0 Å². The second-order valence-corrected chi connectivity index (χ2v) is 3.75. The lowest BCUT2D eigenvalue weighted by Crippen LogP contribution is -2.06. The van der Waals surface area contributed by atoms with Gasteiger partial charge in [-0.3, -0.25) is 0 Å². The molecule has 1 aromatic heterocycles. The van der Waals surface area contributed by atoms with Gasteiger partial charge in [-0.2, -0.15) is 0 Å². The molecule has 0 N–H and O–H groups in total. The van der Waals surface area contributed by atoms with Gasteiger partial charge in [-0.05, 0) is 32.0 Å². The topological polar surface area (TPSA) is 39.4 Å². The summed E-state index contributed by atoms with van der Waals surface area (Å²) in [5.41, 5.74) is 2.32. The molecular weight excluding hydrogens is 216 g/mol. The fourth-order valence-corrected chi connectivity index (χ4v) is 1.68. The van der Waals surface area contributed by atoms with Gasteiger partial charge in [0.1, 0.15) is 5.76 Å². The van der Waals surface area contributed by atoms with E-state index in [1.165, 1.54) is 0 Å². The van der Waals surface area contributed by atoms with E-state index in [1.54, 1.807) is 19.3 Å². The highest BCUT2D eigenvalue weighted by molar-refractivity contribution is 5.96. The van der Waals surface area contributed by atoms with Crippen molar-refractivity contribution >= 4 is 5.97 Å². The maximum Gasteiger partial charge on any atom is 0.338 e. The minimum Gasteiger partial charge on any atom is -0.464 e. The third kappa shape index (κ3) is 2.38. The first-order valence-electron chi connectivity index (χ1n) is 5.54. The largest absolute Gasteiger partial charge is 0.464 e. The second kappa shape index (κ2) is 4.87. The summed E-state index contributed by atoms with van der Waals surface area (Å²) in [4.78, 5) is 11.8. The normalized spacial score (nSPS) is 10.2. The molecule has 0 aliphatic heterocycles. The number of furan rings is 1. The van der Waals surface area contributed by atoms with Crippen molar-refractivity contribution in [2.45, 2.75) is 13.8 Å². The number of rotatable bonds is 3. The quantitative estimate of drug-likeness (QED) is 0.758. The zero-order chi connectivity index (χ0) is 12.3. The van der Waals surface area contributed by atoms with Crippen molar-refractivity contribution < 1.29 is 13.9 Å². The lowest BCUT2D eigenvalue weighted by atomic mass is 10.0. The van der Waals surface area contributed by atoms with Crippen molar-refractivity contribution in [2.24, 2.45) is 0 Å². The molecule has 0 amide bonds. The third-order valence-electron chi connectivity index (χ3n) is 2.46. The van der Waals surface area contributed by atoms with Gasteiger partial charge < -0.3 is 9.15 Å². The molecule has 0 saturated heterocycles. The summed E-state index contributed by atoms with van der Waals surface area (Å²) in [5, 5.41) is 0. The van der Waals surface area contributed by atoms with Crippen LogP contribution in [0.2, 0.25) is 0 Å². The zero-order valence-electron chi connectivity index (χ0n) is 9.90. The lowest BCUT2D eigenvalue weighted by Gasteiger charge is -2.07. The van der Waals surface area contributed by atoms with Gasteiger partial charge in [0.2, 0.25) is 0 Å². The molecule has 17 heavy (non-hydrogen) atoms. The van der Waals surface area contributed by atoms with Gasteiger partial charge in [0.05, 0.1) is 18.4 Å². The van der Waals surface area contributed by atoms with E-state index in [0.717, 1.165) is 11.1 Å². The molecule has 0 fully saturated rings. The van der Waals surface area contributed by atoms with Crippen LogP contribution in [0.15, 0.2) is 41.0 Å². The summed E-state index contributed by atoms with van der Waals surface area (Å²) >= 11 is 0. The Morgan fingerprint density at radius 2 is 2.18 bits per heavy atom. The predicted octanol–water partition coefficient (Wildman–Crippen LogP) is 3.43. The molecule has 0 bridgehead atoms. The smallest absolute Gasteiger partial charge is 0.338 e. The Kier molecular flexibility index (Phi) is 3.28. The first kappa shape index (κ1) is 11.5. The van der Waals surface area contributed by atoms with E-state index in [-0.39, 0.29) is 5.97 Å². The van der Waals surface area contributed by atoms with Crippen molar-refractivity contribution in [3.8, 4) is 11.3 Å². The SMILES string of the molecule is CCOC(=O)c1cc(C)ccc1-c1ccco1. The maximum atomic E-state index is 11.8. The number of aryl methyl sites for hydroxylation is 1. The van der Waals surface area contributed by atoms with Crippen LogP contribution in [0.3, 0.4) is 0 Å². The molecule has 1 heterocycles. The van der Waals surface area contributed by atoms with Crippen molar-refractivity contribution in [2.75, 3.05) is 6.61 Å². The number of carbonyl (C=O) groups is 1. The molecule has 0 aliphatic carbocycles. The molecule has 0 aliphatic rings. The molecule has 0 unspecified atom stereocenters. The number of esters is 1. The molecule has 88 valence electrons. The van der Waals surface area contributed by atoms with E-state index in [1.807, 2.05) is 31.2 Å². The standard InChI is InChI=1S/C14H14O3/c1-3-16-14(15)12-9-10(2)6-7-11(12)13-5-4-8-17-13/h4-9H,3H2,1-2H3. The fraction of sp³-hybridized carbons (Fsp3) is 0.214. The van der Waals surface area contributed by atoms with Crippen LogP contribution in [-0.4, -0.2) is 12.6 Å². The van der Waals surface area contributed by atoms with Crippen LogP contribution >= 0.6 is 0 Å². The zero-order valence-corrected chi connectivity index (χ0v) is 9.90. The molecule has 2 rings (SSSR count). The summed E-state index contributed by atoms with van der Waals surface area (Å²) < 4.78 is 10.4. The van der Waals surface area contributed by atoms with Crippen LogP contribution in [0.25, 0.3) is 11.3 Å². The summed E-state index contributed by atoms with van der Waals surface area (Å²) in [7, 11) is 0. The Morgan fingerprint density at radius 1 is 1.35 bits per heavy atom. The van der Waals surface area contributed by atoms with Crippen LogP contribution in [-0.2, 0) is 4.74 Å². The number of carbonyl (C=O) groups excluding carboxylic acids is 1. The average Bonchev–Trinajstić information content (AvgIpc) is 2.82. The third-order valence-corrected chi connectivity index (χ3v) is 2.46. The van der Waals surface area contributed by atoms with Crippen LogP contribution in [0.5, 0.6) is 0 Å². The van der Waals surface area contributed by atoms with Crippen molar-refractivity contribution in [1.82, 2.24) is 0 Å². The van der Waals surface area contributed by atoms with E-state index in [2.05, 4.69) is 0 Å². The minimum atomic E-state index is -0.317. The number of hydrogen-bond donors (Lipinski definition) is 0. The molecule has 0 radical (unpaired) electrons. The second-order valence-electron chi connectivity index (χ2n) is 3.75. The van der Waals surface area contributed by atoms with Gasteiger partial charge in [-0.15, -0.1) is 0 Å². The van der Waals surface area contributed by atoms with E-state index < -0.39 is 0 Å². The monoisotopic (exact) mass is 230 g/mol. The molecule has 2 aromatic rings. The molecule has 0 saturated carbocycles. The van der Waals surface area contributed by atoms with Gasteiger partial charge >= 0.3 is 5.97 Å². The summed E-state index contributed by atoms with van der Waals surface area (Å²) in [6.45, 7) is 4.10. The van der Waals surface area contributed by atoms with Crippen LogP contribution in [0.1, 0.15) is 22.8 Å². The van der Waals surface area contributed by atoms with Gasteiger partial charge in [-0.1, -0.05) is 17.7 Å². The van der Waals surface area contributed by atoms with Gasteiger partial charge in [0.15, 0.2) is 0 Å². The molecule has 0 spiro atoms. The Balaban J connectivity index is 2.48. The molecular formula is C14H14O3. The number of ether oxygens (including phenoxy) is 1. The van der Waals surface area contributed by atoms with E-state index in [9.17, 15) is 4.79 Å². The summed E-state index contributed by atoms with van der Waals surface area (Å²) in [6.07, 6.45) is 1.59. The highest BCUT2D eigenvalue weighted by Crippen LogP contribution is 2.25. The summed E-state index contributed by atoms with van der Waals surface area (Å²) in [5.74, 6) is 0.357. The van der Waals surface area contributed by atoms with E-state index >= 15 is 0 Å². The van der Waals surface area contributed by atoms with Gasteiger partial charge in [-0.25, -0.2) is 4.79 Å². The Bertz CT molecular complexity index is 512. The highest BCUT2D eigenvalue weighted by atomic mass is 16.5. The lowest BCUT2D eigenvalue weighted by molar-refractivity contribution is 0.0527. The first-order chi connectivity index (χ1) is 8.22. The number of benzene rings is 1. The van der Waals surface area contributed by atoms with Crippen molar-refractivity contribution in [3.05, 3.63) is 47.7 Å². The Labute approximate surface area is 100 Å². The van der Waals surface area contributed by atoms with E-state index in [0.29, 0.717) is 17.9 Å². The number of hydrogen-bond acceptors (Lipinski definition) is 3. The fourth-order valence-electron chi connectivity index (χ4n) is 1.68. The van der Waals surface area contributed by atoms with E-state index in [4.69, 9.17) is 9.15 Å². The van der Waals surface area contributed by atoms with Crippen LogP contribution in [0, 0.1) is 6.92 Å². The Morgan fingerprint density at radius 3 is 2.82 bits per heavy atom. The molecule has 1 aromatic carbocycles. The molecule has 3 heteroatoms. The van der Waals surface area contributed by atoms with Crippen molar-refractivity contribution in [1.29, 1.82) is 0 Å². The summed E-state index contributed by atoms with van der Waals surface area (Å²) in [6, 6.07) is 9.26. The maximum absolute atomic E-state index is 11.8. The molecule has 0 atom stereocenters. The van der Waals surface area contributed by atoms with Crippen LogP contribution < -0.4 is 0 Å².